The number of carbonyl (C=O) groups is 2. The van der Waals surface area contributed by atoms with E-state index in [2.05, 4.69) is 5.32 Å². The van der Waals surface area contributed by atoms with E-state index in [-0.39, 0.29) is 19.4 Å². The second kappa shape index (κ2) is 7.76. The van der Waals surface area contributed by atoms with Crippen molar-refractivity contribution in [3.63, 3.8) is 0 Å². The molecular formula is C9H21N3O8P2. The SMILES string of the molecule is C[C@H](NC(=O)CN)C(=O)CCCC(N)(P(=O)(O)O)P(=O)(O)O. The number of nitrogens with one attached hydrogen (secondary N) is 1. The van der Waals surface area contributed by atoms with Crippen molar-refractivity contribution in [3.05, 3.63) is 0 Å². The lowest BCUT2D eigenvalue weighted by Crippen LogP contribution is -2.42. The van der Waals surface area contributed by atoms with Gasteiger partial charge in [0.2, 0.25) is 10.9 Å². The molecule has 0 saturated heterocycles. The van der Waals surface area contributed by atoms with Crippen molar-refractivity contribution in [2.75, 3.05) is 6.54 Å². The Balaban J connectivity index is 4.73. The van der Waals surface area contributed by atoms with Crippen molar-refractivity contribution in [1.82, 2.24) is 5.32 Å². The summed E-state index contributed by atoms with van der Waals surface area (Å²) in [6.07, 6.45) is -1.30. The standard InChI is InChI=1S/C9H21N3O8P2/c1-6(12-8(14)5-10)7(13)3-2-4-9(11,21(15,16)17)22(18,19)20/h6H,2-5,10-11H2,1H3,(H,12,14)(H2,15,16,17)(H2,18,19,20)/t6-/m0/s1. The Morgan fingerprint density at radius 3 is 2.00 bits per heavy atom. The number of amides is 1. The van der Waals surface area contributed by atoms with Gasteiger partial charge in [-0.05, 0) is 19.8 Å². The summed E-state index contributed by atoms with van der Waals surface area (Å²) in [7, 11) is -10.6. The highest BCUT2D eigenvalue weighted by Crippen LogP contribution is 2.67. The van der Waals surface area contributed by atoms with Gasteiger partial charge >= 0.3 is 15.2 Å². The Kier molecular flexibility index (Phi) is 7.53. The maximum Gasteiger partial charge on any atom is 0.357 e. The Bertz CT molecular complexity index is 491. The largest absolute Gasteiger partial charge is 0.357 e. The minimum absolute atomic E-state index is 0.269. The van der Waals surface area contributed by atoms with Crippen molar-refractivity contribution >= 4 is 26.9 Å². The van der Waals surface area contributed by atoms with Crippen LogP contribution in [0.15, 0.2) is 0 Å². The molecule has 0 aromatic carbocycles. The van der Waals surface area contributed by atoms with Gasteiger partial charge in [-0.15, -0.1) is 0 Å². The molecule has 0 aliphatic heterocycles. The first-order valence-electron chi connectivity index (χ1n) is 6.18. The summed E-state index contributed by atoms with van der Waals surface area (Å²) in [4.78, 5) is 58.8. The summed E-state index contributed by atoms with van der Waals surface area (Å²) < 4.78 is 22.4. The number of carbonyl (C=O) groups excluding carboxylic acids is 2. The first-order valence-corrected chi connectivity index (χ1v) is 9.41. The quantitative estimate of drug-likeness (QED) is 0.228. The van der Waals surface area contributed by atoms with Gasteiger partial charge in [-0.3, -0.25) is 18.7 Å². The molecule has 0 rings (SSSR count). The molecule has 0 aromatic heterocycles. The summed E-state index contributed by atoms with van der Waals surface area (Å²) >= 11 is 0. The Morgan fingerprint density at radius 2 is 1.64 bits per heavy atom. The molecule has 0 spiro atoms. The molecule has 0 unspecified atom stereocenters. The van der Waals surface area contributed by atoms with E-state index in [0.717, 1.165) is 0 Å². The van der Waals surface area contributed by atoms with Crippen molar-refractivity contribution in [2.24, 2.45) is 11.5 Å². The molecule has 9 N–H and O–H groups in total. The smallest absolute Gasteiger partial charge is 0.345 e. The van der Waals surface area contributed by atoms with Gasteiger partial charge < -0.3 is 36.4 Å². The summed E-state index contributed by atoms with van der Waals surface area (Å²) in [5.41, 5.74) is 10.3. The lowest BCUT2D eigenvalue weighted by Gasteiger charge is -2.30. The van der Waals surface area contributed by atoms with Crippen LogP contribution in [-0.2, 0) is 18.7 Å². The first kappa shape index (κ1) is 21.4. The fourth-order valence-corrected chi connectivity index (χ4v) is 3.84. The summed E-state index contributed by atoms with van der Waals surface area (Å²) in [6.45, 7) is 1.08. The van der Waals surface area contributed by atoms with Crippen molar-refractivity contribution in [2.45, 2.75) is 37.2 Å². The molecule has 0 heterocycles. The normalized spacial score (nSPS) is 14.5. The Hall–Kier alpha value is -0.640. The van der Waals surface area contributed by atoms with E-state index in [1.165, 1.54) is 6.92 Å². The van der Waals surface area contributed by atoms with Crippen LogP contribution in [-0.4, -0.2) is 48.9 Å². The molecule has 1 atom stereocenters. The van der Waals surface area contributed by atoms with Gasteiger partial charge in [0.1, 0.15) is 0 Å². The number of hydrogen-bond acceptors (Lipinski definition) is 6. The van der Waals surface area contributed by atoms with Crippen molar-refractivity contribution < 1.29 is 38.3 Å². The van der Waals surface area contributed by atoms with E-state index in [1.807, 2.05) is 0 Å². The lowest BCUT2D eigenvalue weighted by atomic mass is 10.1. The molecule has 130 valence electrons. The molecule has 0 fully saturated rings. The number of hydrogen-bond donors (Lipinski definition) is 7. The van der Waals surface area contributed by atoms with Crippen LogP contribution in [0.1, 0.15) is 26.2 Å². The van der Waals surface area contributed by atoms with E-state index in [1.54, 1.807) is 0 Å². The van der Waals surface area contributed by atoms with Crippen LogP contribution in [0.5, 0.6) is 0 Å². The number of ketones is 1. The molecule has 13 heteroatoms. The fraction of sp³-hybridized carbons (Fsp3) is 0.778. The molecular weight excluding hydrogens is 340 g/mol. The van der Waals surface area contributed by atoms with Gasteiger partial charge in [0.15, 0.2) is 5.78 Å². The third kappa shape index (κ3) is 5.53. The van der Waals surface area contributed by atoms with Gasteiger partial charge in [0, 0.05) is 6.42 Å². The maximum atomic E-state index is 11.7. The zero-order chi connectivity index (χ0) is 17.8. The molecule has 0 bridgehead atoms. The van der Waals surface area contributed by atoms with Gasteiger partial charge in [0.25, 0.3) is 0 Å². The van der Waals surface area contributed by atoms with Crippen LogP contribution in [0.25, 0.3) is 0 Å². The molecule has 1 amide bonds. The summed E-state index contributed by atoms with van der Waals surface area (Å²) in [5, 5.41) is -0.752. The van der Waals surface area contributed by atoms with Crippen LogP contribution in [0.4, 0.5) is 0 Å². The van der Waals surface area contributed by atoms with E-state index in [9.17, 15) is 18.7 Å². The fourth-order valence-electron chi connectivity index (χ4n) is 1.58. The van der Waals surface area contributed by atoms with E-state index in [4.69, 9.17) is 31.0 Å². The maximum absolute atomic E-state index is 11.7. The molecule has 0 radical (unpaired) electrons. The Morgan fingerprint density at radius 1 is 1.18 bits per heavy atom. The van der Waals surface area contributed by atoms with Crippen molar-refractivity contribution in [3.8, 4) is 0 Å². The molecule has 11 nitrogen and oxygen atoms in total. The van der Waals surface area contributed by atoms with Crippen LogP contribution in [0, 0.1) is 0 Å². The highest BCUT2D eigenvalue weighted by molar-refractivity contribution is 7.72. The zero-order valence-electron chi connectivity index (χ0n) is 11.9. The van der Waals surface area contributed by atoms with Gasteiger partial charge in [-0.2, -0.15) is 0 Å². The number of Topliss-reactive ketones (excluding diaryl/α,β-unsaturated/α-hetero) is 1. The predicted molar refractivity (Wildman–Crippen MR) is 76.5 cm³/mol. The van der Waals surface area contributed by atoms with Gasteiger partial charge in [-0.25, -0.2) is 0 Å². The highest BCUT2D eigenvalue weighted by atomic mass is 31.2. The van der Waals surface area contributed by atoms with Crippen LogP contribution >= 0.6 is 15.2 Å². The van der Waals surface area contributed by atoms with E-state index >= 15 is 0 Å². The second-order valence-electron chi connectivity index (χ2n) is 4.78. The molecule has 0 saturated carbocycles. The minimum atomic E-state index is -5.30. The summed E-state index contributed by atoms with van der Waals surface area (Å²) in [6, 6.07) is -0.881. The zero-order valence-corrected chi connectivity index (χ0v) is 13.7. The monoisotopic (exact) mass is 361 g/mol. The van der Waals surface area contributed by atoms with Crippen molar-refractivity contribution in [1.29, 1.82) is 0 Å². The number of rotatable bonds is 9. The number of nitrogens with two attached hydrogens (primary N) is 2. The van der Waals surface area contributed by atoms with Crippen LogP contribution < -0.4 is 16.8 Å². The molecule has 22 heavy (non-hydrogen) atoms. The molecule has 0 aliphatic carbocycles. The average molecular weight is 361 g/mol. The molecule has 0 aliphatic rings. The van der Waals surface area contributed by atoms with E-state index in [0.29, 0.717) is 0 Å². The van der Waals surface area contributed by atoms with Crippen LogP contribution in [0.2, 0.25) is 0 Å². The highest BCUT2D eigenvalue weighted by Gasteiger charge is 2.56. The van der Waals surface area contributed by atoms with Crippen LogP contribution in [0.3, 0.4) is 0 Å². The predicted octanol–water partition coefficient (Wildman–Crippen LogP) is -1.84. The molecule has 0 aromatic rings. The second-order valence-corrected chi connectivity index (χ2v) is 8.90. The third-order valence-electron chi connectivity index (χ3n) is 3.02. The van der Waals surface area contributed by atoms with E-state index < -0.39 is 44.4 Å². The Labute approximate surface area is 126 Å². The lowest BCUT2D eigenvalue weighted by molar-refractivity contribution is -0.126. The first-order chi connectivity index (χ1) is 9.76. The summed E-state index contributed by atoms with van der Waals surface area (Å²) in [5.74, 6) is -1.04. The average Bonchev–Trinajstić information content (AvgIpc) is 2.35. The topological polar surface area (TPSA) is 213 Å². The minimum Gasteiger partial charge on any atom is -0.345 e. The van der Waals surface area contributed by atoms with Gasteiger partial charge in [0.05, 0.1) is 12.6 Å². The van der Waals surface area contributed by atoms with Gasteiger partial charge in [-0.1, -0.05) is 0 Å². The third-order valence-corrected chi connectivity index (χ3v) is 7.05.